The molecule has 1 atom stereocenters. The molecule has 0 bridgehead atoms. The lowest BCUT2D eigenvalue weighted by atomic mass is 9.79. The smallest absolute Gasteiger partial charge is 0.0875 e. The summed E-state index contributed by atoms with van der Waals surface area (Å²) in [6, 6.07) is 1.91. The molecule has 0 saturated carbocycles. The minimum atomic E-state index is 0.0625. The molecule has 17 heavy (non-hydrogen) atoms. The molecule has 0 aliphatic rings. The number of hydrogen-bond acceptors (Lipinski definition) is 2. The highest BCUT2D eigenvalue weighted by atomic mass is 35.5. The molecule has 1 aromatic rings. The van der Waals surface area contributed by atoms with E-state index in [-0.39, 0.29) is 5.41 Å². The maximum Gasteiger partial charge on any atom is 0.0875 e. The summed E-state index contributed by atoms with van der Waals surface area (Å²) in [6.45, 7) is 8.59. The van der Waals surface area contributed by atoms with Gasteiger partial charge in [-0.15, -0.1) is 0 Å². The normalized spacial score (nSPS) is 14.6. The fraction of sp³-hybridized carbons (Fsp3) is 0.714. The van der Waals surface area contributed by atoms with Crippen molar-refractivity contribution < 1.29 is 0 Å². The molecule has 0 N–H and O–H groups in total. The highest BCUT2D eigenvalue weighted by Gasteiger charge is 2.28. The third-order valence-electron chi connectivity index (χ3n) is 3.55. The van der Waals surface area contributed by atoms with Crippen LogP contribution in [0.1, 0.15) is 64.3 Å². The van der Waals surface area contributed by atoms with Crippen LogP contribution in [0.5, 0.6) is 0 Å². The van der Waals surface area contributed by atoms with Crippen molar-refractivity contribution in [1.29, 1.82) is 0 Å². The first-order valence-electron chi connectivity index (χ1n) is 6.53. The number of halogens is 1. The van der Waals surface area contributed by atoms with Gasteiger partial charge in [0.25, 0.3) is 0 Å². The third-order valence-corrected chi connectivity index (χ3v) is 3.84. The monoisotopic (exact) mass is 254 g/mol. The van der Waals surface area contributed by atoms with Gasteiger partial charge >= 0.3 is 0 Å². The zero-order chi connectivity index (χ0) is 12.9. The maximum atomic E-state index is 6.30. The van der Waals surface area contributed by atoms with Crippen LogP contribution in [0.3, 0.4) is 0 Å². The second kappa shape index (κ2) is 6.34. The van der Waals surface area contributed by atoms with E-state index in [0.29, 0.717) is 0 Å². The van der Waals surface area contributed by atoms with Crippen molar-refractivity contribution in [2.75, 3.05) is 0 Å². The lowest BCUT2D eigenvalue weighted by Crippen LogP contribution is -2.23. The molecule has 2 nitrogen and oxygen atoms in total. The van der Waals surface area contributed by atoms with Gasteiger partial charge in [0, 0.05) is 5.41 Å². The molecule has 0 spiro atoms. The molecule has 1 aromatic heterocycles. The van der Waals surface area contributed by atoms with E-state index in [9.17, 15) is 0 Å². The number of aromatic nitrogens is 2. The Kier molecular flexibility index (Phi) is 5.38. The van der Waals surface area contributed by atoms with Gasteiger partial charge in [-0.3, -0.25) is 0 Å². The lowest BCUT2D eigenvalue weighted by molar-refractivity contribution is 0.384. The molecule has 96 valence electrons. The Morgan fingerprint density at radius 1 is 1.24 bits per heavy atom. The SMILES string of the molecule is CCCCCC(C)(CC)c1nnc(C)cc1Cl. The van der Waals surface area contributed by atoms with Gasteiger partial charge in [0.05, 0.1) is 16.4 Å². The minimum Gasteiger partial charge on any atom is -0.156 e. The number of unbranched alkanes of at least 4 members (excludes halogenated alkanes) is 2. The van der Waals surface area contributed by atoms with E-state index in [4.69, 9.17) is 11.6 Å². The van der Waals surface area contributed by atoms with Crippen LogP contribution in [0, 0.1) is 6.92 Å². The average Bonchev–Trinajstić information content (AvgIpc) is 2.29. The van der Waals surface area contributed by atoms with Gasteiger partial charge in [0.2, 0.25) is 0 Å². The number of hydrogen-bond donors (Lipinski definition) is 0. The van der Waals surface area contributed by atoms with Crippen molar-refractivity contribution in [2.24, 2.45) is 0 Å². The largest absolute Gasteiger partial charge is 0.156 e. The van der Waals surface area contributed by atoms with Crippen LogP contribution in [0.4, 0.5) is 0 Å². The Bertz CT molecular complexity index is 365. The third kappa shape index (κ3) is 3.67. The average molecular weight is 255 g/mol. The number of rotatable bonds is 6. The summed E-state index contributed by atoms with van der Waals surface area (Å²) < 4.78 is 0. The molecule has 0 amide bonds. The highest BCUT2D eigenvalue weighted by Crippen LogP contribution is 2.35. The maximum absolute atomic E-state index is 6.30. The van der Waals surface area contributed by atoms with Crippen LogP contribution in [0.25, 0.3) is 0 Å². The van der Waals surface area contributed by atoms with E-state index >= 15 is 0 Å². The van der Waals surface area contributed by atoms with E-state index in [1.807, 2.05) is 13.0 Å². The van der Waals surface area contributed by atoms with Gasteiger partial charge in [-0.25, -0.2) is 0 Å². The van der Waals surface area contributed by atoms with E-state index in [1.54, 1.807) is 0 Å². The van der Waals surface area contributed by atoms with Gasteiger partial charge < -0.3 is 0 Å². The molecule has 0 aromatic carbocycles. The van der Waals surface area contributed by atoms with Crippen molar-refractivity contribution in [3.05, 3.63) is 22.5 Å². The molecule has 0 saturated heterocycles. The van der Waals surface area contributed by atoms with Crippen molar-refractivity contribution in [1.82, 2.24) is 10.2 Å². The van der Waals surface area contributed by atoms with Crippen molar-refractivity contribution in [3.8, 4) is 0 Å². The molecular weight excluding hydrogens is 232 g/mol. The van der Waals surface area contributed by atoms with Crippen LogP contribution in [0.2, 0.25) is 5.02 Å². The van der Waals surface area contributed by atoms with Crippen LogP contribution in [-0.2, 0) is 5.41 Å². The van der Waals surface area contributed by atoms with Crippen molar-refractivity contribution in [2.45, 2.75) is 65.2 Å². The Balaban J connectivity index is 2.90. The first-order chi connectivity index (χ1) is 8.03. The van der Waals surface area contributed by atoms with Crippen LogP contribution in [0.15, 0.2) is 6.07 Å². The van der Waals surface area contributed by atoms with E-state index in [1.165, 1.54) is 19.3 Å². The topological polar surface area (TPSA) is 25.8 Å². The van der Waals surface area contributed by atoms with Gasteiger partial charge in [0.15, 0.2) is 0 Å². The minimum absolute atomic E-state index is 0.0625. The second-order valence-corrected chi connectivity index (χ2v) is 5.46. The van der Waals surface area contributed by atoms with Crippen molar-refractivity contribution >= 4 is 11.6 Å². The van der Waals surface area contributed by atoms with Gasteiger partial charge in [-0.05, 0) is 25.8 Å². The molecule has 1 unspecified atom stereocenters. The predicted molar refractivity (Wildman–Crippen MR) is 73.6 cm³/mol. The van der Waals surface area contributed by atoms with E-state index < -0.39 is 0 Å². The Hall–Kier alpha value is -0.630. The van der Waals surface area contributed by atoms with Crippen LogP contribution >= 0.6 is 11.6 Å². The van der Waals surface area contributed by atoms with Crippen molar-refractivity contribution in [3.63, 3.8) is 0 Å². The zero-order valence-corrected chi connectivity index (χ0v) is 12.1. The summed E-state index contributed by atoms with van der Waals surface area (Å²) in [5.41, 5.74) is 1.90. The quantitative estimate of drug-likeness (QED) is 0.689. The van der Waals surface area contributed by atoms with Gasteiger partial charge in [-0.1, -0.05) is 51.6 Å². The van der Waals surface area contributed by atoms with E-state index in [0.717, 1.165) is 29.3 Å². The Morgan fingerprint density at radius 2 is 1.94 bits per heavy atom. The van der Waals surface area contributed by atoms with Gasteiger partial charge in [-0.2, -0.15) is 10.2 Å². The summed E-state index contributed by atoms with van der Waals surface area (Å²) in [6.07, 6.45) is 5.93. The first kappa shape index (κ1) is 14.4. The first-order valence-corrected chi connectivity index (χ1v) is 6.91. The summed E-state index contributed by atoms with van der Waals surface area (Å²) in [5, 5.41) is 9.23. The second-order valence-electron chi connectivity index (χ2n) is 5.05. The standard InChI is InChI=1S/C14H23ClN2/c1-5-7-8-9-14(4,6-2)13-12(15)10-11(3)16-17-13/h10H,5-9H2,1-4H3. The summed E-state index contributed by atoms with van der Waals surface area (Å²) in [4.78, 5) is 0. The lowest BCUT2D eigenvalue weighted by Gasteiger charge is -2.28. The Morgan fingerprint density at radius 3 is 2.47 bits per heavy atom. The number of nitrogens with zero attached hydrogens (tertiary/aromatic N) is 2. The van der Waals surface area contributed by atoms with E-state index in [2.05, 4.69) is 31.0 Å². The molecule has 0 fully saturated rings. The Labute approximate surface area is 110 Å². The predicted octanol–water partition coefficient (Wildman–Crippen LogP) is 4.69. The molecular formula is C14H23ClN2. The fourth-order valence-corrected chi connectivity index (χ4v) is 2.52. The summed E-state index contributed by atoms with van der Waals surface area (Å²) in [7, 11) is 0. The molecule has 1 rings (SSSR count). The summed E-state index contributed by atoms with van der Waals surface area (Å²) in [5.74, 6) is 0. The summed E-state index contributed by atoms with van der Waals surface area (Å²) >= 11 is 6.30. The van der Waals surface area contributed by atoms with Crippen LogP contribution in [-0.4, -0.2) is 10.2 Å². The molecule has 0 aliphatic carbocycles. The highest BCUT2D eigenvalue weighted by molar-refractivity contribution is 6.31. The van der Waals surface area contributed by atoms with Gasteiger partial charge in [0.1, 0.15) is 0 Å². The fourth-order valence-electron chi connectivity index (χ4n) is 2.09. The van der Waals surface area contributed by atoms with Crippen LogP contribution < -0.4 is 0 Å². The molecule has 0 radical (unpaired) electrons. The molecule has 0 aliphatic heterocycles. The molecule has 3 heteroatoms. The molecule has 1 heterocycles. The number of aryl methyl sites for hydroxylation is 1. The zero-order valence-electron chi connectivity index (χ0n) is 11.4.